The number of para-hydroxylation sites is 1. The second kappa shape index (κ2) is 4.26. The van der Waals surface area contributed by atoms with Gasteiger partial charge in [0.1, 0.15) is 17.3 Å². The van der Waals surface area contributed by atoms with Crippen molar-refractivity contribution >= 4 is 5.69 Å². The van der Waals surface area contributed by atoms with Crippen molar-refractivity contribution in [2.45, 2.75) is 31.3 Å². The molecule has 1 N–H and O–H groups in total. The van der Waals surface area contributed by atoms with Crippen LogP contribution >= 0.6 is 0 Å². The largest absolute Gasteiger partial charge is 0.376 e. The Morgan fingerprint density at radius 3 is 2.65 bits per heavy atom. The summed E-state index contributed by atoms with van der Waals surface area (Å²) in [6.45, 7) is 2.17. The maximum Gasteiger partial charge on any atom is 0.149 e. The quantitative estimate of drug-likeness (QED) is 0.852. The second-order valence-electron chi connectivity index (χ2n) is 4.88. The first-order valence-electron chi connectivity index (χ1n) is 6.20. The molecule has 17 heavy (non-hydrogen) atoms. The smallest absolute Gasteiger partial charge is 0.149 e. The number of hydrogen-bond acceptors (Lipinski definition) is 2. The van der Waals surface area contributed by atoms with Gasteiger partial charge >= 0.3 is 0 Å². The van der Waals surface area contributed by atoms with E-state index in [0.29, 0.717) is 6.04 Å². The minimum absolute atomic E-state index is 0.0336. The maximum atomic E-state index is 13.5. The highest BCUT2D eigenvalue weighted by atomic mass is 19.1. The highest BCUT2D eigenvalue weighted by molar-refractivity contribution is 5.47. The average molecular weight is 238 g/mol. The molecule has 92 valence electrons. The first-order chi connectivity index (χ1) is 8.25. The lowest BCUT2D eigenvalue weighted by Crippen LogP contribution is -2.34. The van der Waals surface area contributed by atoms with Crippen LogP contribution in [0, 0.1) is 11.6 Å². The van der Waals surface area contributed by atoms with E-state index in [1.54, 1.807) is 0 Å². The lowest BCUT2D eigenvalue weighted by atomic mass is 10.1. The van der Waals surface area contributed by atoms with Crippen LogP contribution in [0.25, 0.3) is 0 Å². The molecule has 3 rings (SSSR count). The van der Waals surface area contributed by atoms with E-state index in [4.69, 9.17) is 0 Å². The van der Waals surface area contributed by atoms with Gasteiger partial charge in [-0.05, 0) is 37.9 Å². The van der Waals surface area contributed by atoms with Gasteiger partial charge in [0.25, 0.3) is 0 Å². The first kappa shape index (κ1) is 11.0. The first-order valence-corrected chi connectivity index (χ1v) is 6.20. The van der Waals surface area contributed by atoms with Crippen molar-refractivity contribution in [2.24, 2.45) is 0 Å². The Balaban J connectivity index is 1.79. The number of rotatable bonds is 2. The van der Waals surface area contributed by atoms with Crippen LogP contribution in [0.4, 0.5) is 14.5 Å². The zero-order chi connectivity index (χ0) is 11.8. The van der Waals surface area contributed by atoms with Gasteiger partial charge in [0.15, 0.2) is 0 Å². The lowest BCUT2D eigenvalue weighted by Gasteiger charge is -2.22. The van der Waals surface area contributed by atoms with E-state index in [2.05, 4.69) is 10.2 Å². The van der Waals surface area contributed by atoms with Crippen LogP contribution < -0.4 is 5.32 Å². The van der Waals surface area contributed by atoms with Gasteiger partial charge in [0.05, 0.1) is 0 Å². The lowest BCUT2D eigenvalue weighted by molar-refractivity contribution is 0.318. The van der Waals surface area contributed by atoms with Gasteiger partial charge in [-0.1, -0.05) is 6.07 Å². The van der Waals surface area contributed by atoms with Crippen molar-refractivity contribution in [1.29, 1.82) is 0 Å². The van der Waals surface area contributed by atoms with Gasteiger partial charge in [-0.25, -0.2) is 8.78 Å². The molecule has 2 heterocycles. The van der Waals surface area contributed by atoms with E-state index < -0.39 is 11.6 Å². The summed E-state index contributed by atoms with van der Waals surface area (Å²) in [5.41, 5.74) is 0.0336. The molecule has 2 aliphatic rings. The summed E-state index contributed by atoms with van der Waals surface area (Å²) in [7, 11) is 0. The summed E-state index contributed by atoms with van der Waals surface area (Å²) >= 11 is 0. The van der Waals surface area contributed by atoms with Crippen molar-refractivity contribution in [2.75, 3.05) is 18.4 Å². The van der Waals surface area contributed by atoms with Crippen LogP contribution in [0.5, 0.6) is 0 Å². The summed E-state index contributed by atoms with van der Waals surface area (Å²) in [6.07, 6.45) is 3.30. The maximum absolute atomic E-state index is 13.5. The predicted octanol–water partition coefficient (Wildman–Crippen LogP) is 2.61. The van der Waals surface area contributed by atoms with Gasteiger partial charge in [0.2, 0.25) is 0 Å². The molecule has 1 aromatic carbocycles. The van der Waals surface area contributed by atoms with Crippen molar-refractivity contribution in [1.82, 2.24) is 4.90 Å². The molecule has 2 aliphatic heterocycles. The Morgan fingerprint density at radius 2 is 1.88 bits per heavy atom. The fourth-order valence-electron chi connectivity index (χ4n) is 3.07. The highest BCUT2D eigenvalue weighted by Gasteiger charge is 2.37. The van der Waals surface area contributed by atoms with Gasteiger partial charge in [-0.15, -0.1) is 0 Å². The van der Waals surface area contributed by atoms with Crippen LogP contribution in [0.3, 0.4) is 0 Å². The summed E-state index contributed by atoms with van der Waals surface area (Å²) < 4.78 is 27.1. The van der Waals surface area contributed by atoms with Gasteiger partial charge in [-0.2, -0.15) is 0 Å². The van der Waals surface area contributed by atoms with Crippen molar-refractivity contribution in [3.05, 3.63) is 29.8 Å². The molecule has 0 radical (unpaired) electrons. The average Bonchev–Trinajstić information content (AvgIpc) is 2.87. The molecule has 0 spiro atoms. The molecule has 0 aliphatic carbocycles. The number of nitrogens with one attached hydrogen (secondary N) is 1. The highest BCUT2D eigenvalue weighted by Crippen LogP contribution is 2.31. The van der Waals surface area contributed by atoms with Crippen molar-refractivity contribution in [3.8, 4) is 0 Å². The third-order valence-corrected chi connectivity index (χ3v) is 3.90. The predicted molar refractivity (Wildman–Crippen MR) is 63.0 cm³/mol. The SMILES string of the molecule is Fc1cccc(F)c1NC1CCN2CCCC12. The molecule has 0 saturated carbocycles. The zero-order valence-electron chi connectivity index (χ0n) is 9.63. The van der Waals surface area contributed by atoms with Crippen molar-refractivity contribution < 1.29 is 8.78 Å². The molecule has 2 unspecified atom stereocenters. The van der Waals surface area contributed by atoms with E-state index in [1.807, 2.05) is 0 Å². The Labute approximate surface area is 99.6 Å². The Bertz CT molecular complexity index is 402. The summed E-state index contributed by atoms with van der Waals surface area (Å²) in [5.74, 6) is -0.997. The molecule has 0 aromatic heterocycles. The fourth-order valence-corrected chi connectivity index (χ4v) is 3.07. The molecular weight excluding hydrogens is 222 g/mol. The van der Waals surface area contributed by atoms with Gasteiger partial charge < -0.3 is 5.32 Å². The molecule has 2 nitrogen and oxygen atoms in total. The third kappa shape index (κ3) is 1.90. The minimum atomic E-state index is -0.499. The third-order valence-electron chi connectivity index (χ3n) is 3.90. The molecule has 1 aromatic rings. The molecule has 2 saturated heterocycles. The number of nitrogens with zero attached hydrogens (tertiary/aromatic N) is 1. The van der Waals surface area contributed by atoms with E-state index in [9.17, 15) is 8.78 Å². The summed E-state index contributed by atoms with van der Waals surface area (Å²) in [6, 6.07) is 4.63. The minimum Gasteiger partial charge on any atom is -0.376 e. The molecule has 0 amide bonds. The van der Waals surface area contributed by atoms with Crippen molar-refractivity contribution in [3.63, 3.8) is 0 Å². The monoisotopic (exact) mass is 238 g/mol. The molecule has 2 fully saturated rings. The second-order valence-corrected chi connectivity index (χ2v) is 4.88. The Hall–Kier alpha value is -1.16. The van der Waals surface area contributed by atoms with E-state index >= 15 is 0 Å². The van der Waals surface area contributed by atoms with Crippen LogP contribution in [0.2, 0.25) is 0 Å². The number of hydrogen-bond donors (Lipinski definition) is 1. The fraction of sp³-hybridized carbons (Fsp3) is 0.538. The number of halogens is 2. The number of fused-ring (bicyclic) bond motifs is 1. The number of anilines is 1. The van der Waals surface area contributed by atoms with Crippen LogP contribution in [-0.4, -0.2) is 30.1 Å². The normalized spacial score (nSPS) is 28.4. The van der Waals surface area contributed by atoms with E-state index in [1.165, 1.54) is 24.6 Å². The molecular formula is C13H16F2N2. The van der Waals surface area contributed by atoms with Crippen LogP contribution in [-0.2, 0) is 0 Å². The Morgan fingerprint density at radius 1 is 1.12 bits per heavy atom. The molecule has 4 heteroatoms. The molecule has 0 bridgehead atoms. The number of benzene rings is 1. The van der Waals surface area contributed by atoms with Crippen LogP contribution in [0.15, 0.2) is 18.2 Å². The standard InChI is InChI=1S/C13H16F2N2/c14-9-3-1-4-10(15)13(9)16-11-6-8-17-7-2-5-12(11)17/h1,3-4,11-12,16H,2,5-8H2. The van der Waals surface area contributed by atoms with Crippen LogP contribution in [0.1, 0.15) is 19.3 Å². The molecule has 2 atom stereocenters. The summed E-state index contributed by atoms with van der Waals surface area (Å²) in [4.78, 5) is 2.41. The van der Waals surface area contributed by atoms with E-state index in [0.717, 1.165) is 25.9 Å². The van der Waals surface area contributed by atoms with Gasteiger partial charge in [-0.3, -0.25) is 4.90 Å². The Kier molecular flexibility index (Phi) is 2.74. The topological polar surface area (TPSA) is 15.3 Å². The van der Waals surface area contributed by atoms with Gasteiger partial charge in [0, 0.05) is 18.6 Å². The zero-order valence-corrected chi connectivity index (χ0v) is 9.63. The summed E-state index contributed by atoms with van der Waals surface area (Å²) in [5, 5.41) is 3.06. The van der Waals surface area contributed by atoms with E-state index in [-0.39, 0.29) is 11.7 Å².